The fourth-order valence-corrected chi connectivity index (χ4v) is 9.43. The van der Waals surface area contributed by atoms with Gasteiger partial charge in [-0.1, -0.05) is 29.8 Å². The molecule has 2 aliphatic rings. The summed E-state index contributed by atoms with van der Waals surface area (Å²) >= 11 is 6.20. The first-order valence-electron chi connectivity index (χ1n) is 18.5. The quantitative estimate of drug-likeness (QED) is 0.208. The van der Waals surface area contributed by atoms with Crippen LogP contribution in [0.5, 0.6) is 0 Å². The minimum absolute atomic E-state index is 0.0172. The molecular weight excluding hydrogens is 770 g/mol. The lowest BCUT2D eigenvalue weighted by atomic mass is 9.76. The largest absolute Gasteiger partial charge is 0.453 e. The monoisotopic (exact) mass is 818 g/mol. The Hall–Kier alpha value is -4.31. The van der Waals surface area contributed by atoms with Crippen molar-refractivity contribution in [3.05, 3.63) is 94.5 Å². The molecule has 2 saturated heterocycles. The molecule has 304 valence electrons. The number of hydrogen-bond acceptors (Lipinski definition) is 8. The lowest BCUT2D eigenvalue weighted by Gasteiger charge is -2.44. The van der Waals surface area contributed by atoms with Crippen LogP contribution in [0.3, 0.4) is 0 Å². The van der Waals surface area contributed by atoms with Gasteiger partial charge >= 0.3 is 12.2 Å². The second-order valence-electron chi connectivity index (χ2n) is 15.1. The minimum Gasteiger partial charge on any atom is -0.453 e. The van der Waals surface area contributed by atoms with Crippen LogP contribution in [0.1, 0.15) is 64.0 Å². The van der Waals surface area contributed by atoms with Gasteiger partial charge in [0.05, 0.1) is 12.0 Å². The van der Waals surface area contributed by atoms with Crippen LogP contribution in [0, 0.1) is 17.6 Å². The number of nitrogens with zero attached hydrogens (tertiary/aromatic N) is 2. The van der Waals surface area contributed by atoms with Crippen LogP contribution in [-0.4, -0.2) is 92.9 Å². The number of piperazine rings is 1. The Morgan fingerprint density at radius 1 is 0.982 bits per heavy atom. The summed E-state index contributed by atoms with van der Waals surface area (Å²) in [6.07, 6.45) is -0.277. The van der Waals surface area contributed by atoms with Crippen molar-refractivity contribution in [2.45, 2.75) is 87.9 Å². The van der Waals surface area contributed by atoms with Crippen LogP contribution in [-0.2, 0) is 35.4 Å². The van der Waals surface area contributed by atoms with Crippen molar-refractivity contribution in [1.82, 2.24) is 14.5 Å². The highest BCUT2D eigenvalue weighted by molar-refractivity contribution is 7.89. The third kappa shape index (κ3) is 10.5. The van der Waals surface area contributed by atoms with Gasteiger partial charge in [0.25, 0.3) is 0 Å². The van der Waals surface area contributed by atoms with Crippen LogP contribution in [0.4, 0.5) is 24.1 Å². The van der Waals surface area contributed by atoms with E-state index in [1.54, 1.807) is 52.0 Å². The van der Waals surface area contributed by atoms with Crippen LogP contribution in [0.15, 0.2) is 71.6 Å². The Labute approximate surface area is 331 Å². The molecule has 0 aliphatic carbocycles. The van der Waals surface area contributed by atoms with E-state index in [2.05, 4.69) is 10.6 Å². The third-order valence-electron chi connectivity index (χ3n) is 9.98. The summed E-state index contributed by atoms with van der Waals surface area (Å²) in [5, 5.41) is 6.05. The van der Waals surface area contributed by atoms with Gasteiger partial charge < -0.3 is 29.7 Å². The van der Waals surface area contributed by atoms with Gasteiger partial charge in [-0.05, 0) is 113 Å². The number of ether oxygens (including phenoxy) is 3. The lowest BCUT2D eigenvalue weighted by Crippen LogP contribution is -2.61. The second kappa shape index (κ2) is 18.3. The van der Waals surface area contributed by atoms with Gasteiger partial charge in [0, 0.05) is 60.6 Å². The molecule has 0 aromatic heterocycles. The van der Waals surface area contributed by atoms with E-state index in [0.717, 1.165) is 17.7 Å². The van der Waals surface area contributed by atoms with E-state index in [0.29, 0.717) is 31.1 Å². The smallest absolute Gasteiger partial charge is 0.410 e. The topological polar surface area (TPSA) is 144 Å². The summed E-state index contributed by atoms with van der Waals surface area (Å²) in [5.41, 5.74) is 0.147. The number of amides is 3. The molecule has 5 rings (SSSR count). The van der Waals surface area contributed by atoms with Gasteiger partial charge in [-0.25, -0.2) is 26.8 Å². The maximum Gasteiger partial charge on any atom is 0.410 e. The number of hydrogen-bond donors (Lipinski definition) is 2. The number of benzene rings is 3. The molecular formula is C40H49ClF2N4O8S. The van der Waals surface area contributed by atoms with Crippen LogP contribution < -0.4 is 10.6 Å². The Morgan fingerprint density at radius 3 is 2.27 bits per heavy atom. The molecule has 2 fully saturated rings. The van der Waals surface area contributed by atoms with E-state index in [1.807, 2.05) is 0 Å². The lowest BCUT2D eigenvalue weighted by molar-refractivity contribution is -0.119. The average Bonchev–Trinajstić information content (AvgIpc) is 3.14. The first-order chi connectivity index (χ1) is 26.5. The molecule has 0 spiro atoms. The molecule has 0 radical (unpaired) electrons. The molecule has 2 aliphatic heterocycles. The molecule has 16 heteroatoms. The number of carbonyl (C=O) groups excluding carboxylic acids is 3. The normalized spacial score (nSPS) is 19.5. The molecule has 56 heavy (non-hydrogen) atoms. The highest BCUT2D eigenvalue weighted by Crippen LogP contribution is 2.37. The Balaban J connectivity index is 1.47. The van der Waals surface area contributed by atoms with Crippen molar-refractivity contribution in [3.63, 3.8) is 0 Å². The zero-order valence-corrected chi connectivity index (χ0v) is 33.7. The van der Waals surface area contributed by atoms with Gasteiger partial charge in [-0.15, -0.1) is 0 Å². The minimum atomic E-state index is -4.22. The molecule has 3 amide bonds. The van der Waals surface area contributed by atoms with Gasteiger partial charge in [0.2, 0.25) is 15.9 Å². The summed E-state index contributed by atoms with van der Waals surface area (Å²) in [5.74, 6) is -2.51. The highest BCUT2D eigenvalue weighted by Gasteiger charge is 2.43. The number of alkyl carbamates (subject to hydrolysis) is 1. The predicted molar refractivity (Wildman–Crippen MR) is 207 cm³/mol. The Bertz CT molecular complexity index is 1960. The summed E-state index contributed by atoms with van der Waals surface area (Å²) in [6.45, 7) is 7.70. The van der Waals surface area contributed by atoms with Crippen LogP contribution in [0.2, 0.25) is 5.02 Å². The summed E-state index contributed by atoms with van der Waals surface area (Å²) in [7, 11) is -3.03. The number of anilines is 1. The van der Waals surface area contributed by atoms with E-state index in [1.165, 1.54) is 46.6 Å². The molecule has 2 heterocycles. The predicted octanol–water partition coefficient (Wildman–Crippen LogP) is 7.12. The molecule has 4 atom stereocenters. The molecule has 12 nitrogen and oxygen atoms in total. The third-order valence-corrected chi connectivity index (χ3v) is 12.3. The molecule has 3 aromatic rings. The van der Waals surface area contributed by atoms with Crippen molar-refractivity contribution < 1.29 is 45.8 Å². The van der Waals surface area contributed by atoms with E-state index < -0.39 is 69.4 Å². The van der Waals surface area contributed by atoms with Crippen molar-refractivity contribution in [2.75, 3.05) is 38.7 Å². The number of sulfonamides is 1. The highest BCUT2D eigenvalue weighted by atomic mass is 35.5. The summed E-state index contributed by atoms with van der Waals surface area (Å²) in [6, 6.07) is 12.9. The second-order valence-corrected chi connectivity index (χ2v) is 17.4. The van der Waals surface area contributed by atoms with Gasteiger partial charge in [0.1, 0.15) is 23.3 Å². The zero-order valence-electron chi connectivity index (χ0n) is 32.1. The molecule has 0 saturated carbocycles. The number of methoxy groups -OCH3 is 1. The number of halogens is 3. The van der Waals surface area contributed by atoms with E-state index in [9.17, 15) is 27.2 Å². The van der Waals surface area contributed by atoms with Gasteiger partial charge in [-0.2, -0.15) is 4.31 Å². The molecule has 0 bridgehead atoms. The van der Waals surface area contributed by atoms with Crippen LogP contribution >= 0.6 is 11.6 Å². The van der Waals surface area contributed by atoms with E-state index in [-0.39, 0.29) is 48.0 Å². The standard InChI is InChI=1S/C40H49ClF2N4O8S/c1-25-23-46(39(50)55-40(2,3)4)24-30(47(25)56(51,52)31-16-13-29(42)14-17-31)15-18-32-33(43)7-6-8-34(32)44-37(48)36(45-38(49)53-5)35(27-19-21-54-22-20-27)26-9-11-28(41)12-10-26/h6-14,16-17,25,27,30,35-36H,15,18-24H2,1-5H3,(H,44,48)(H,45,49)/t25-,30?,35+,36+/m1/s1. The van der Waals surface area contributed by atoms with E-state index >= 15 is 4.39 Å². The first kappa shape index (κ1) is 42.8. The van der Waals surface area contributed by atoms with Crippen molar-refractivity contribution >= 4 is 45.4 Å². The Morgan fingerprint density at radius 2 is 1.64 bits per heavy atom. The zero-order chi connectivity index (χ0) is 40.8. The SMILES string of the molecule is COC(=O)N[C@H](C(=O)Nc1cccc(F)c1CCC1CN(C(=O)OC(C)(C)C)C[C@@H](C)N1S(=O)(=O)c1ccc(F)cc1)[C@@H](c1ccc(Cl)cc1)C1CCOCC1. The first-order valence-corrected chi connectivity index (χ1v) is 20.3. The van der Waals surface area contributed by atoms with Gasteiger partial charge in [0.15, 0.2) is 0 Å². The molecule has 1 unspecified atom stereocenters. The molecule has 3 aromatic carbocycles. The molecule has 2 N–H and O–H groups in total. The maximum atomic E-state index is 15.9. The van der Waals surface area contributed by atoms with Gasteiger partial charge in [-0.3, -0.25) is 4.79 Å². The van der Waals surface area contributed by atoms with E-state index in [4.69, 9.17) is 25.8 Å². The number of carbonyl (C=O) groups is 3. The fraction of sp³-hybridized carbons (Fsp3) is 0.475. The number of rotatable bonds is 11. The fourth-order valence-electron chi connectivity index (χ4n) is 7.48. The average molecular weight is 819 g/mol. The van der Waals surface area contributed by atoms with Crippen molar-refractivity contribution in [3.8, 4) is 0 Å². The Kier molecular flexibility index (Phi) is 14.0. The summed E-state index contributed by atoms with van der Waals surface area (Å²) < 4.78 is 75.3. The van der Waals surface area contributed by atoms with Crippen LogP contribution in [0.25, 0.3) is 0 Å². The maximum absolute atomic E-state index is 15.9. The van der Waals surface area contributed by atoms with Crippen molar-refractivity contribution in [2.24, 2.45) is 5.92 Å². The summed E-state index contributed by atoms with van der Waals surface area (Å²) in [4.78, 5) is 41.6. The van der Waals surface area contributed by atoms with Crippen molar-refractivity contribution in [1.29, 1.82) is 0 Å². The number of nitrogens with one attached hydrogen (secondary N) is 2.